The molecule has 1 aromatic heterocycles. The molecule has 0 aliphatic heterocycles. The molecular formula is C14H9FN4S. The second kappa shape index (κ2) is 4.87. The highest BCUT2D eigenvalue weighted by Gasteiger charge is 2.09. The summed E-state index contributed by atoms with van der Waals surface area (Å²) < 4.78 is 13.1. The predicted molar refractivity (Wildman–Crippen MR) is 75.7 cm³/mol. The molecule has 0 saturated heterocycles. The molecule has 0 aliphatic carbocycles. The van der Waals surface area contributed by atoms with Crippen molar-refractivity contribution < 1.29 is 4.39 Å². The molecule has 0 amide bonds. The molecule has 4 nitrogen and oxygen atoms in total. The van der Waals surface area contributed by atoms with Gasteiger partial charge in [0.05, 0.1) is 16.6 Å². The van der Waals surface area contributed by atoms with Crippen molar-refractivity contribution in [3.63, 3.8) is 0 Å². The summed E-state index contributed by atoms with van der Waals surface area (Å²) in [5.74, 6) is -0.428. The molecule has 3 N–H and O–H groups in total. The molecular weight excluding hydrogens is 275 g/mol. The number of H-pyrrole nitrogens is 1. The number of anilines is 1. The molecule has 0 bridgehead atoms. The van der Waals surface area contributed by atoms with Gasteiger partial charge in [-0.1, -0.05) is 11.8 Å². The molecule has 2 aromatic carbocycles. The molecule has 1 heterocycles. The number of nitrogens with one attached hydrogen (secondary N) is 1. The summed E-state index contributed by atoms with van der Waals surface area (Å²) in [4.78, 5) is 8.17. The van der Waals surface area contributed by atoms with E-state index >= 15 is 0 Å². The van der Waals surface area contributed by atoms with E-state index in [1.54, 1.807) is 18.2 Å². The molecule has 0 saturated carbocycles. The van der Waals surface area contributed by atoms with Crippen molar-refractivity contribution in [1.82, 2.24) is 9.97 Å². The van der Waals surface area contributed by atoms with Crippen molar-refractivity contribution in [2.75, 3.05) is 5.73 Å². The summed E-state index contributed by atoms with van der Waals surface area (Å²) in [5, 5.41) is 9.65. The lowest BCUT2D eigenvalue weighted by atomic mass is 10.2. The van der Waals surface area contributed by atoms with E-state index in [1.165, 1.54) is 23.9 Å². The quantitative estimate of drug-likeness (QED) is 0.708. The van der Waals surface area contributed by atoms with Gasteiger partial charge in [0.15, 0.2) is 5.16 Å². The van der Waals surface area contributed by atoms with Crippen LogP contribution in [-0.4, -0.2) is 9.97 Å². The molecule has 0 fully saturated rings. The van der Waals surface area contributed by atoms with Crippen molar-refractivity contribution in [2.24, 2.45) is 0 Å². The Morgan fingerprint density at radius 1 is 1.25 bits per heavy atom. The van der Waals surface area contributed by atoms with Gasteiger partial charge in [0.1, 0.15) is 11.9 Å². The fourth-order valence-electron chi connectivity index (χ4n) is 1.83. The smallest absolute Gasteiger partial charge is 0.171 e. The van der Waals surface area contributed by atoms with E-state index in [1.807, 2.05) is 12.1 Å². The van der Waals surface area contributed by atoms with Gasteiger partial charge in [-0.25, -0.2) is 9.37 Å². The highest BCUT2D eigenvalue weighted by molar-refractivity contribution is 7.99. The van der Waals surface area contributed by atoms with Gasteiger partial charge in [0.2, 0.25) is 0 Å². The molecule has 6 heteroatoms. The standard InChI is InChI=1S/C14H9FN4S/c15-9-1-4-13(8(5-9)7-16)20-14-18-11-3-2-10(17)6-12(11)19-14/h1-6H,17H2,(H,18,19). The van der Waals surface area contributed by atoms with Crippen molar-refractivity contribution >= 4 is 28.5 Å². The Morgan fingerprint density at radius 2 is 2.10 bits per heavy atom. The summed E-state index contributed by atoms with van der Waals surface area (Å²) in [6.07, 6.45) is 0. The van der Waals surface area contributed by atoms with E-state index in [0.29, 0.717) is 15.7 Å². The van der Waals surface area contributed by atoms with Crippen LogP contribution in [0.2, 0.25) is 0 Å². The van der Waals surface area contributed by atoms with Crippen LogP contribution in [0.5, 0.6) is 0 Å². The predicted octanol–water partition coefficient (Wildman–Crippen LogP) is 3.31. The monoisotopic (exact) mass is 284 g/mol. The number of benzene rings is 2. The van der Waals surface area contributed by atoms with Gasteiger partial charge in [-0.15, -0.1) is 0 Å². The van der Waals surface area contributed by atoms with Crippen LogP contribution in [0.25, 0.3) is 11.0 Å². The Balaban J connectivity index is 1.99. The number of halogens is 1. The third-order valence-electron chi connectivity index (χ3n) is 2.75. The van der Waals surface area contributed by atoms with Gasteiger partial charge in [0.25, 0.3) is 0 Å². The normalized spacial score (nSPS) is 10.6. The number of aromatic amines is 1. The van der Waals surface area contributed by atoms with Crippen LogP contribution in [-0.2, 0) is 0 Å². The van der Waals surface area contributed by atoms with Crippen LogP contribution in [0.4, 0.5) is 10.1 Å². The van der Waals surface area contributed by atoms with Crippen molar-refractivity contribution in [3.8, 4) is 6.07 Å². The maximum absolute atomic E-state index is 13.1. The first kappa shape index (κ1) is 12.5. The fourth-order valence-corrected chi connectivity index (χ4v) is 2.70. The molecule has 98 valence electrons. The molecule has 0 radical (unpaired) electrons. The molecule has 0 atom stereocenters. The number of nitriles is 1. The highest BCUT2D eigenvalue weighted by atomic mass is 32.2. The third kappa shape index (κ3) is 2.31. The van der Waals surface area contributed by atoms with Crippen LogP contribution in [0.3, 0.4) is 0 Å². The van der Waals surface area contributed by atoms with E-state index in [9.17, 15) is 4.39 Å². The van der Waals surface area contributed by atoms with E-state index in [2.05, 4.69) is 9.97 Å². The minimum Gasteiger partial charge on any atom is -0.399 e. The number of rotatable bonds is 2. The Labute approximate surface area is 118 Å². The largest absolute Gasteiger partial charge is 0.399 e. The molecule has 3 rings (SSSR count). The number of hydrogen-bond donors (Lipinski definition) is 2. The summed E-state index contributed by atoms with van der Waals surface area (Å²) in [6.45, 7) is 0. The van der Waals surface area contributed by atoms with E-state index in [4.69, 9.17) is 11.0 Å². The van der Waals surface area contributed by atoms with Gasteiger partial charge >= 0.3 is 0 Å². The maximum Gasteiger partial charge on any atom is 0.171 e. The van der Waals surface area contributed by atoms with Gasteiger partial charge in [-0.05, 0) is 36.4 Å². The Hall–Kier alpha value is -2.52. The van der Waals surface area contributed by atoms with Gasteiger partial charge in [-0.2, -0.15) is 5.26 Å². The molecule has 0 spiro atoms. The number of aromatic nitrogens is 2. The number of nitrogens with two attached hydrogens (primary N) is 1. The van der Waals surface area contributed by atoms with Gasteiger partial charge in [-0.3, -0.25) is 0 Å². The lowest BCUT2D eigenvalue weighted by molar-refractivity contribution is 0.626. The first-order valence-corrected chi connectivity index (χ1v) is 6.60. The summed E-state index contributed by atoms with van der Waals surface area (Å²) in [6, 6.07) is 11.5. The number of nitrogen functional groups attached to an aromatic ring is 1. The lowest BCUT2D eigenvalue weighted by Gasteiger charge is -2.00. The topological polar surface area (TPSA) is 78.5 Å². The van der Waals surface area contributed by atoms with Gasteiger partial charge in [0, 0.05) is 10.6 Å². The van der Waals surface area contributed by atoms with Crippen LogP contribution in [0.1, 0.15) is 5.56 Å². The van der Waals surface area contributed by atoms with E-state index < -0.39 is 5.82 Å². The zero-order chi connectivity index (χ0) is 14.1. The first-order valence-electron chi connectivity index (χ1n) is 5.78. The number of nitrogens with zero attached hydrogens (tertiary/aromatic N) is 2. The zero-order valence-corrected chi connectivity index (χ0v) is 11.0. The summed E-state index contributed by atoms with van der Waals surface area (Å²) in [5.41, 5.74) is 8.27. The minimum atomic E-state index is -0.428. The number of fused-ring (bicyclic) bond motifs is 1. The van der Waals surface area contributed by atoms with Crippen molar-refractivity contribution in [2.45, 2.75) is 10.1 Å². The minimum absolute atomic E-state index is 0.287. The van der Waals surface area contributed by atoms with Crippen LogP contribution >= 0.6 is 11.8 Å². The molecule has 20 heavy (non-hydrogen) atoms. The second-order valence-electron chi connectivity index (χ2n) is 4.17. The van der Waals surface area contributed by atoms with E-state index in [0.717, 1.165) is 11.0 Å². The van der Waals surface area contributed by atoms with Crippen LogP contribution in [0, 0.1) is 17.1 Å². The third-order valence-corrected chi connectivity index (χ3v) is 3.72. The van der Waals surface area contributed by atoms with Crippen LogP contribution < -0.4 is 5.73 Å². The average Bonchev–Trinajstić information content (AvgIpc) is 2.82. The van der Waals surface area contributed by atoms with Crippen LogP contribution in [0.15, 0.2) is 46.5 Å². The first-order chi connectivity index (χ1) is 9.65. The lowest BCUT2D eigenvalue weighted by Crippen LogP contribution is -1.84. The average molecular weight is 284 g/mol. The molecule has 3 aromatic rings. The molecule has 0 aliphatic rings. The van der Waals surface area contributed by atoms with Crippen molar-refractivity contribution in [1.29, 1.82) is 5.26 Å². The maximum atomic E-state index is 13.1. The number of hydrogen-bond acceptors (Lipinski definition) is 4. The summed E-state index contributed by atoms with van der Waals surface area (Å²) in [7, 11) is 0. The number of imidazole rings is 1. The van der Waals surface area contributed by atoms with Crippen molar-refractivity contribution in [3.05, 3.63) is 47.8 Å². The second-order valence-corrected chi connectivity index (χ2v) is 5.20. The SMILES string of the molecule is N#Cc1cc(F)ccc1Sc1nc2ccc(N)cc2[nH]1. The zero-order valence-electron chi connectivity index (χ0n) is 10.2. The Morgan fingerprint density at radius 3 is 2.90 bits per heavy atom. The summed E-state index contributed by atoms with van der Waals surface area (Å²) >= 11 is 1.28. The molecule has 0 unspecified atom stereocenters. The Bertz CT molecular complexity index is 835. The fraction of sp³-hybridized carbons (Fsp3) is 0. The Kier molecular flexibility index (Phi) is 3.05. The van der Waals surface area contributed by atoms with Gasteiger partial charge < -0.3 is 10.7 Å². The highest BCUT2D eigenvalue weighted by Crippen LogP contribution is 2.30. The van der Waals surface area contributed by atoms with E-state index in [-0.39, 0.29) is 5.56 Å².